The van der Waals surface area contributed by atoms with Crippen molar-refractivity contribution >= 4 is 46.3 Å². The second-order valence-corrected chi connectivity index (χ2v) is 12.8. The fourth-order valence-electron chi connectivity index (χ4n) is 6.54. The van der Waals surface area contributed by atoms with Gasteiger partial charge in [-0.2, -0.15) is 0 Å². The van der Waals surface area contributed by atoms with Crippen LogP contribution in [0, 0.1) is 16.7 Å². The average molecular weight is 623 g/mol. The van der Waals surface area contributed by atoms with Crippen LogP contribution >= 0.6 is 23.2 Å². The van der Waals surface area contributed by atoms with Gasteiger partial charge >= 0.3 is 0 Å². The summed E-state index contributed by atoms with van der Waals surface area (Å²) in [5, 5.41) is 13.1. The van der Waals surface area contributed by atoms with Crippen molar-refractivity contribution in [2.45, 2.75) is 38.7 Å². The highest BCUT2D eigenvalue weighted by molar-refractivity contribution is 6.35. The van der Waals surface area contributed by atoms with Gasteiger partial charge in [-0.05, 0) is 76.0 Å². The van der Waals surface area contributed by atoms with Crippen LogP contribution in [0.1, 0.15) is 55.4 Å². The van der Waals surface area contributed by atoms with Crippen LogP contribution in [0.5, 0.6) is 5.75 Å². The second kappa shape index (κ2) is 12.3. The van der Waals surface area contributed by atoms with E-state index < -0.39 is 6.10 Å². The van der Waals surface area contributed by atoms with E-state index >= 15 is 0 Å². The number of benzene rings is 1. The SMILES string of the molecule is C[C@@H](Oc1ccc(N)c(C(=N)c2ccc(N3CC4(CCN(C(=O)C5CCNCC5)CC4)C3)nc2)c1)c1c(Cl)cncc1Cl. The molecule has 11 heteroatoms. The van der Waals surface area contributed by atoms with E-state index in [0.717, 1.165) is 70.8 Å². The number of nitrogens with zero attached hydrogens (tertiary/aromatic N) is 4. The number of anilines is 2. The number of rotatable bonds is 7. The smallest absolute Gasteiger partial charge is 0.225 e. The first-order valence-corrected chi connectivity index (χ1v) is 15.6. The van der Waals surface area contributed by atoms with Crippen LogP contribution in [-0.2, 0) is 4.79 Å². The summed E-state index contributed by atoms with van der Waals surface area (Å²) in [7, 11) is 0. The lowest BCUT2D eigenvalue weighted by Crippen LogP contribution is -2.61. The Kier molecular flexibility index (Phi) is 8.49. The Morgan fingerprint density at radius 2 is 1.79 bits per heavy atom. The minimum absolute atomic E-state index is 0.189. The molecule has 0 saturated carbocycles. The Morgan fingerprint density at radius 1 is 1.09 bits per heavy atom. The molecular weight excluding hydrogens is 585 g/mol. The summed E-state index contributed by atoms with van der Waals surface area (Å²) in [5.74, 6) is 1.99. The first-order valence-electron chi connectivity index (χ1n) is 14.9. The Bertz CT molecular complexity index is 1470. The molecule has 0 radical (unpaired) electrons. The number of likely N-dealkylation sites (tertiary alicyclic amines) is 1. The molecule has 9 nitrogen and oxygen atoms in total. The molecule has 2 aromatic heterocycles. The predicted molar refractivity (Wildman–Crippen MR) is 170 cm³/mol. The van der Waals surface area contributed by atoms with Gasteiger partial charge in [0.25, 0.3) is 0 Å². The summed E-state index contributed by atoms with van der Waals surface area (Å²) in [4.78, 5) is 26.0. The van der Waals surface area contributed by atoms with Crippen LogP contribution in [0.4, 0.5) is 11.5 Å². The summed E-state index contributed by atoms with van der Waals surface area (Å²) in [6.07, 6.45) is 8.35. The van der Waals surface area contributed by atoms with E-state index in [0.29, 0.717) is 44.1 Å². The fraction of sp³-hybridized carbons (Fsp3) is 0.438. The number of nitrogens with one attached hydrogen (secondary N) is 2. The maximum Gasteiger partial charge on any atom is 0.225 e. The number of hydrogen-bond acceptors (Lipinski definition) is 8. The van der Waals surface area contributed by atoms with E-state index in [1.807, 2.05) is 19.1 Å². The third kappa shape index (κ3) is 6.16. The van der Waals surface area contributed by atoms with Crippen LogP contribution in [0.15, 0.2) is 48.9 Å². The summed E-state index contributed by atoms with van der Waals surface area (Å²) in [6, 6.07) is 9.14. The van der Waals surface area contributed by atoms with E-state index in [1.165, 1.54) is 12.4 Å². The molecule has 1 spiro atoms. The Labute approximate surface area is 262 Å². The van der Waals surface area contributed by atoms with Gasteiger partial charge in [0.1, 0.15) is 17.7 Å². The number of nitrogens with two attached hydrogens (primary N) is 1. The first-order chi connectivity index (χ1) is 20.7. The van der Waals surface area contributed by atoms with Crippen molar-refractivity contribution in [2.75, 3.05) is 49.9 Å². The van der Waals surface area contributed by atoms with Gasteiger partial charge in [0.05, 0.1) is 15.8 Å². The van der Waals surface area contributed by atoms with Crippen molar-refractivity contribution in [3.63, 3.8) is 0 Å². The lowest BCUT2D eigenvalue weighted by molar-refractivity contribution is -0.139. The molecule has 43 heavy (non-hydrogen) atoms. The summed E-state index contributed by atoms with van der Waals surface area (Å²) in [5.41, 5.74) is 9.14. The van der Waals surface area contributed by atoms with Crippen molar-refractivity contribution in [2.24, 2.45) is 11.3 Å². The van der Waals surface area contributed by atoms with Gasteiger partial charge in [0.2, 0.25) is 5.91 Å². The summed E-state index contributed by atoms with van der Waals surface area (Å²) in [6.45, 7) is 7.35. The van der Waals surface area contributed by atoms with Gasteiger partial charge in [0.15, 0.2) is 0 Å². The maximum absolute atomic E-state index is 12.9. The molecule has 5 heterocycles. The molecule has 3 aliphatic heterocycles. The monoisotopic (exact) mass is 621 g/mol. The van der Waals surface area contributed by atoms with Gasteiger partial charge in [-0.1, -0.05) is 23.2 Å². The highest BCUT2D eigenvalue weighted by Crippen LogP contribution is 2.42. The zero-order chi connectivity index (χ0) is 30.1. The van der Waals surface area contributed by atoms with E-state index in [-0.39, 0.29) is 17.0 Å². The fourth-order valence-corrected chi connectivity index (χ4v) is 7.22. The lowest BCUT2D eigenvalue weighted by atomic mass is 9.71. The van der Waals surface area contributed by atoms with E-state index in [9.17, 15) is 4.79 Å². The van der Waals surface area contributed by atoms with Gasteiger partial charge in [0, 0.05) is 78.5 Å². The number of hydrogen-bond donors (Lipinski definition) is 3. The number of halogens is 2. The van der Waals surface area contributed by atoms with Crippen molar-refractivity contribution in [3.05, 3.63) is 75.7 Å². The molecule has 0 unspecified atom stereocenters. The quantitative estimate of drug-likeness (QED) is 0.240. The second-order valence-electron chi connectivity index (χ2n) is 12.0. The number of carbonyl (C=O) groups excluding carboxylic acids is 1. The minimum Gasteiger partial charge on any atom is -0.486 e. The standard InChI is InChI=1S/C32H37Cl2N7O2/c1-20(29-25(33)16-38-17-26(29)34)43-23-3-4-27(35)24(14-23)30(36)22-2-5-28(39-15-22)41-18-32(19-41)8-12-40(13-9-32)31(42)21-6-10-37-11-7-21/h2-5,14-17,20-21,36-37H,6-13,18-19,35H2,1H3/t20-/m1/s1. The molecule has 6 rings (SSSR count). The van der Waals surface area contributed by atoms with E-state index in [4.69, 9.17) is 44.1 Å². The number of amides is 1. The van der Waals surface area contributed by atoms with Crippen molar-refractivity contribution in [1.82, 2.24) is 20.2 Å². The van der Waals surface area contributed by atoms with Crippen molar-refractivity contribution in [1.29, 1.82) is 5.41 Å². The number of pyridine rings is 2. The van der Waals surface area contributed by atoms with E-state index in [2.05, 4.69) is 20.1 Å². The van der Waals surface area contributed by atoms with Gasteiger partial charge in [-0.3, -0.25) is 15.2 Å². The number of nitrogen functional groups attached to an aromatic ring is 1. The van der Waals surface area contributed by atoms with Crippen LogP contribution in [0.3, 0.4) is 0 Å². The normalized spacial score (nSPS) is 19.1. The number of carbonyl (C=O) groups is 1. The van der Waals surface area contributed by atoms with Gasteiger partial charge < -0.3 is 25.6 Å². The number of aromatic nitrogens is 2. The highest BCUT2D eigenvalue weighted by atomic mass is 35.5. The zero-order valence-corrected chi connectivity index (χ0v) is 25.8. The molecule has 226 valence electrons. The predicted octanol–water partition coefficient (Wildman–Crippen LogP) is 5.35. The van der Waals surface area contributed by atoms with E-state index in [1.54, 1.807) is 24.4 Å². The van der Waals surface area contributed by atoms with Gasteiger partial charge in [-0.15, -0.1) is 0 Å². The van der Waals surface area contributed by atoms with Crippen LogP contribution in [-0.4, -0.2) is 65.8 Å². The van der Waals surface area contributed by atoms with Crippen molar-refractivity contribution in [3.8, 4) is 5.75 Å². The third-order valence-corrected chi connectivity index (χ3v) is 9.74. The molecule has 3 aromatic rings. The Balaban J connectivity index is 1.06. The average Bonchev–Trinajstić information content (AvgIpc) is 3.00. The molecule has 4 N–H and O–H groups in total. The molecular formula is C32H37Cl2N7O2. The number of ether oxygens (including phenoxy) is 1. The lowest BCUT2D eigenvalue weighted by Gasteiger charge is -2.54. The molecule has 1 atom stereocenters. The Morgan fingerprint density at radius 3 is 2.44 bits per heavy atom. The van der Waals surface area contributed by atoms with Crippen LogP contribution in [0.2, 0.25) is 10.0 Å². The highest BCUT2D eigenvalue weighted by Gasteiger charge is 2.46. The van der Waals surface area contributed by atoms with Crippen LogP contribution in [0.25, 0.3) is 0 Å². The molecule has 3 saturated heterocycles. The van der Waals surface area contributed by atoms with Gasteiger partial charge in [-0.25, -0.2) is 4.98 Å². The maximum atomic E-state index is 12.9. The number of piperidine rings is 2. The third-order valence-electron chi connectivity index (χ3n) is 9.14. The van der Waals surface area contributed by atoms with Crippen LogP contribution < -0.4 is 20.7 Å². The molecule has 0 bridgehead atoms. The molecule has 1 amide bonds. The minimum atomic E-state index is -0.434. The summed E-state index contributed by atoms with van der Waals surface area (Å²) >= 11 is 12.6. The molecule has 3 aliphatic rings. The molecule has 1 aromatic carbocycles. The zero-order valence-electron chi connectivity index (χ0n) is 24.3. The topological polar surface area (TPSA) is 120 Å². The molecule has 3 fully saturated rings. The summed E-state index contributed by atoms with van der Waals surface area (Å²) < 4.78 is 6.13. The molecule has 0 aliphatic carbocycles. The van der Waals surface area contributed by atoms with Crippen molar-refractivity contribution < 1.29 is 9.53 Å². The Hall–Kier alpha value is -3.40. The largest absolute Gasteiger partial charge is 0.486 e. The first kappa shape index (κ1) is 29.7.